The second-order valence-corrected chi connectivity index (χ2v) is 8.53. The highest BCUT2D eigenvalue weighted by Gasteiger charge is 2.14. The number of rotatable bonds is 3. The highest BCUT2D eigenvalue weighted by atomic mass is 16.5. The van der Waals surface area contributed by atoms with E-state index in [0.717, 1.165) is 27.8 Å². The molecule has 3 heteroatoms. The average molecular weight is 437 g/mol. The molecule has 160 valence electrons. The van der Waals surface area contributed by atoms with Crippen LogP contribution in [0, 0.1) is 0 Å². The fourth-order valence-corrected chi connectivity index (χ4v) is 4.95. The van der Waals surface area contributed by atoms with Gasteiger partial charge >= 0.3 is 0 Å². The minimum Gasteiger partial charge on any atom is -0.356 e. The van der Waals surface area contributed by atoms with E-state index in [9.17, 15) is 0 Å². The third kappa shape index (κ3) is 2.87. The first-order valence-corrected chi connectivity index (χ1v) is 11.4. The number of benzene rings is 5. The molecule has 0 aliphatic rings. The molecule has 7 aromatic rings. The van der Waals surface area contributed by atoms with E-state index in [4.69, 9.17) is 4.52 Å². The normalized spacial score (nSPS) is 11.5. The van der Waals surface area contributed by atoms with Crippen LogP contribution in [0.2, 0.25) is 0 Å². The van der Waals surface area contributed by atoms with Crippen LogP contribution in [0.3, 0.4) is 0 Å². The molecule has 0 amide bonds. The Hall–Kier alpha value is -4.63. The van der Waals surface area contributed by atoms with Gasteiger partial charge in [-0.15, -0.1) is 0 Å². The summed E-state index contributed by atoms with van der Waals surface area (Å²) in [6.45, 7) is 0. The summed E-state index contributed by atoms with van der Waals surface area (Å²) in [6, 6.07) is 42.4. The molecule has 0 atom stereocenters. The van der Waals surface area contributed by atoms with Crippen LogP contribution in [-0.4, -0.2) is 9.72 Å². The van der Waals surface area contributed by atoms with Crippen molar-refractivity contribution in [3.63, 3.8) is 0 Å². The molecule has 7 rings (SSSR count). The highest BCUT2D eigenvalue weighted by molar-refractivity contribution is 6.10. The Labute approximate surface area is 196 Å². The van der Waals surface area contributed by atoms with E-state index in [0.29, 0.717) is 0 Å². The van der Waals surface area contributed by atoms with Crippen molar-refractivity contribution in [3.8, 4) is 28.1 Å². The van der Waals surface area contributed by atoms with Gasteiger partial charge in [0.25, 0.3) is 0 Å². The number of para-hydroxylation sites is 3. The van der Waals surface area contributed by atoms with Crippen molar-refractivity contribution >= 4 is 32.8 Å². The van der Waals surface area contributed by atoms with Crippen molar-refractivity contribution in [2.24, 2.45) is 0 Å². The number of aromatic nitrogens is 2. The van der Waals surface area contributed by atoms with Gasteiger partial charge in [-0.05, 0) is 59.7 Å². The Morgan fingerprint density at radius 3 is 2.12 bits per heavy atom. The lowest BCUT2D eigenvalue weighted by atomic mass is 9.99. The van der Waals surface area contributed by atoms with Crippen LogP contribution in [0.4, 0.5) is 0 Å². The summed E-state index contributed by atoms with van der Waals surface area (Å²) in [5, 5.41) is 7.87. The Morgan fingerprint density at radius 1 is 0.500 bits per heavy atom. The summed E-state index contributed by atoms with van der Waals surface area (Å²) in [4.78, 5) is 0. The van der Waals surface area contributed by atoms with E-state index in [1.165, 1.54) is 33.1 Å². The molecule has 0 radical (unpaired) electrons. The van der Waals surface area contributed by atoms with Crippen LogP contribution >= 0.6 is 0 Å². The second-order valence-electron chi connectivity index (χ2n) is 8.53. The molecule has 0 saturated heterocycles. The van der Waals surface area contributed by atoms with Crippen LogP contribution < -0.4 is 0 Å². The van der Waals surface area contributed by atoms with Crippen molar-refractivity contribution in [2.45, 2.75) is 0 Å². The zero-order valence-electron chi connectivity index (χ0n) is 18.3. The van der Waals surface area contributed by atoms with E-state index in [2.05, 4.69) is 113 Å². The quantitative estimate of drug-likeness (QED) is 0.279. The fourth-order valence-electron chi connectivity index (χ4n) is 4.95. The summed E-state index contributed by atoms with van der Waals surface area (Å²) in [5.74, 6) is 0. The second kappa shape index (κ2) is 7.46. The fraction of sp³-hybridized carbons (Fsp3) is 0. The van der Waals surface area contributed by atoms with E-state index in [-0.39, 0.29) is 0 Å². The first-order chi connectivity index (χ1) is 16.9. The maximum atomic E-state index is 5.55. The molecule has 0 unspecified atom stereocenters. The molecule has 0 fully saturated rings. The van der Waals surface area contributed by atoms with Crippen LogP contribution in [-0.2, 0) is 0 Å². The van der Waals surface area contributed by atoms with E-state index in [1.54, 1.807) is 0 Å². The predicted molar refractivity (Wildman–Crippen MR) is 139 cm³/mol. The molecule has 0 bridgehead atoms. The van der Waals surface area contributed by atoms with Gasteiger partial charge in [0.15, 0.2) is 5.58 Å². The molecular weight excluding hydrogens is 416 g/mol. The van der Waals surface area contributed by atoms with Gasteiger partial charge in [-0.25, -0.2) is 0 Å². The van der Waals surface area contributed by atoms with Gasteiger partial charge in [0.1, 0.15) is 5.69 Å². The summed E-state index contributed by atoms with van der Waals surface area (Å²) in [7, 11) is 0. The highest BCUT2D eigenvalue weighted by Crippen LogP contribution is 2.36. The number of hydrogen-bond donors (Lipinski definition) is 0. The summed E-state index contributed by atoms with van der Waals surface area (Å²) < 4.78 is 7.89. The molecule has 0 saturated carbocycles. The third-order valence-corrected chi connectivity index (χ3v) is 6.53. The van der Waals surface area contributed by atoms with E-state index in [1.807, 2.05) is 18.2 Å². The van der Waals surface area contributed by atoms with Crippen molar-refractivity contribution in [3.05, 3.63) is 121 Å². The lowest BCUT2D eigenvalue weighted by Gasteiger charge is -2.08. The predicted octanol–water partition coefficient (Wildman–Crippen LogP) is 8.26. The van der Waals surface area contributed by atoms with E-state index >= 15 is 0 Å². The summed E-state index contributed by atoms with van der Waals surface area (Å²) in [5.41, 5.74) is 8.65. The lowest BCUT2D eigenvalue weighted by Crippen LogP contribution is -1.92. The maximum Gasteiger partial charge on any atom is 0.167 e. The SMILES string of the molecule is c1ccc(-n2c3ccccc3c3cc(-c4cccc(-c5noc6ccccc56)c4)ccc32)cc1. The van der Waals surface area contributed by atoms with Gasteiger partial charge in [0, 0.05) is 27.4 Å². The molecule has 0 N–H and O–H groups in total. The van der Waals surface area contributed by atoms with Crippen molar-refractivity contribution in [1.29, 1.82) is 0 Å². The molecule has 34 heavy (non-hydrogen) atoms. The standard InChI is InChI=1S/C31H20N2O/c1-2-11-24(12-3-1)33-28-15-6-4-13-25(28)27-20-22(17-18-29(27)33)21-9-8-10-23(19-21)31-26-14-5-7-16-30(26)34-32-31/h1-20H. The summed E-state index contributed by atoms with van der Waals surface area (Å²) >= 11 is 0. The minimum atomic E-state index is 0.804. The monoisotopic (exact) mass is 436 g/mol. The molecule has 0 aliphatic heterocycles. The smallest absolute Gasteiger partial charge is 0.167 e. The van der Waals surface area contributed by atoms with Gasteiger partial charge in [0.05, 0.1) is 11.0 Å². The Balaban J connectivity index is 1.41. The van der Waals surface area contributed by atoms with Gasteiger partial charge < -0.3 is 9.09 Å². The van der Waals surface area contributed by atoms with Gasteiger partial charge in [-0.2, -0.15) is 0 Å². The van der Waals surface area contributed by atoms with E-state index < -0.39 is 0 Å². The number of hydrogen-bond acceptors (Lipinski definition) is 2. The lowest BCUT2D eigenvalue weighted by molar-refractivity contribution is 0.459. The molecule has 0 spiro atoms. The topological polar surface area (TPSA) is 31.0 Å². The Kier molecular flexibility index (Phi) is 4.15. The first kappa shape index (κ1) is 18.9. The number of nitrogens with zero attached hydrogens (tertiary/aromatic N) is 2. The van der Waals surface area contributed by atoms with Gasteiger partial charge in [-0.3, -0.25) is 0 Å². The van der Waals surface area contributed by atoms with Crippen LogP contribution in [0.5, 0.6) is 0 Å². The van der Waals surface area contributed by atoms with Crippen molar-refractivity contribution in [2.75, 3.05) is 0 Å². The minimum absolute atomic E-state index is 0.804. The average Bonchev–Trinajstić information content (AvgIpc) is 3.48. The maximum absolute atomic E-state index is 5.55. The van der Waals surface area contributed by atoms with Crippen LogP contribution in [0.1, 0.15) is 0 Å². The molecule has 0 aliphatic carbocycles. The summed E-state index contributed by atoms with van der Waals surface area (Å²) in [6.07, 6.45) is 0. The first-order valence-electron chi connectivity index (χ1n) is 11.4. The molecular formula is C31H20N2O. The molecule has 2 heterocycles. The number of fused-ring (bicyclic) bond motifs is 4. The van der Waals surface area contributed by atoms with Gasteiger partial charge in [-0.1, -0.05) is 78.0 Å². The Bertz CT molecular complexity index is 1810. The molecule has 3 nitrogen and oxygen atoms in total. The van der Waals surface area contributed by atoms with Crippen LogP contribution in [0.15, 0.2) is 126 Å². The van der Waals surface area contributed by atoms with Crippen LogP contribution in [0.25, 0.3) is 60.8 Å². The van der Waals surface area contributed by atoms with Gasteiger partial charge in [0.2, 0.25) is 0 Å². The largest absolute Gasteiger partial charge is 0.356 e. The molecule has 2 aromatic heterocycles. The van der Waals surface area contributed by atoms with Crippen molar-refractivity contribution < 1.29 is 4.52 Å². The molecule has 5 aromatic carbocycles. The third-order valence-electron chi connectivity index (χ3n) is 6.53. The zero-order chi connectivity index (χ0) is 22.5. The Morgan fingerprint density at radius 2 is 1.21 bits per heavy atom. The zero-order valence-corrected chi connectivity index (χ0v) is 18.3. The van der Waals surface area contributed by atoms with Crippen molar-refractivity contribution in [1.82, 2.24) is 9.72 Å².